The van der Waals surface area contributed by atoms with Crippen LogP contribution in [0.1, 0.15) is 45.4 Å². The fourth-order valence-corrected chi connectivity index (χ4v) is 4.03. The number of hydrogen-bond donors (Lipinski definition) is 2. The first-order valence-corrected chi connectivity index (χ1v) is 8.37. The maximum atomic E-state index is 11.9. The Morgan fingerprint density at radius 3 is 2.47 bits per heavy atom. The zero-order valence-corrected chi connectivity index (χ0v) is 13.1. The van der Waals surface area contributed by atoms with Crippen LogP contribution in [0.4, 0.5) is 0 Å². The van der Waals surface area contributed by atoms with E-state index in [1.807, 2.05) is 6.92 Å². The van der Waals surface area contributed by atoms with Crippen LogP contribution in [0.2, 0.25) is 0 Å². The molecule has 1 fully saturated rings. The lowest BCUT2D eigenvalue weighted by Crippen LogP contribution is -2.31. The summed E-state index contributed by atoms with van der Waals surface area (Å²) in [6, 6.07) is 0.0486. The molecule has 0 aromatic rings. The summed E-state index contributed by atoms with van der Waals surface area (Å²) in [6.07, 6.45) is 4.27. The van der Waals surface area contributed by atoms with Crippen LogP contribution >= 0.6 is 12.4 Å². The molecule has 1 saturated carbocycles. The number of halogens is 1. The van der Waals surface area contributed by atoms with Crippen LogP contribution in [-0.4, -0.2) is 37.9 Å². The van der Waals surface area contributed by atoms with E-state index >= 15 is 0 Å². The van der Waals surface area contributed by atoms with Gasteiger partial charge < -0.3 is 11.1 Å². The molecule has 1 atom stereocenters. The summed E-state index contributed by atoms with van der Waals surface area (Å²) in [5.41, 5.74) is 5.56. The molecule has 0 bridgehead atoms. The molecule has 0 aromatic heterocycles. The molecule has 0 radical (unpaired) electrons. The first-order valence-electron chi connectivity index (χ1n) is 6.65. The normalized spacial score (nSPS) is 17.8. The molecule has 1 rings (SSSR count). The van der Waals surface area contributed by atoms with E-state index in [-0.39, 0.29) is 41.8 Å². The van der Waals surface area contributed by atoms with E-state index in [1.54, 1.807) is 0 Å². The van der Waals surface area contributed by atoms with E-state index in [0.717, 1.165) is 25.7 Å². The van der Waals surface area contributed by atoms with E-state index in [4.69, 9.17) is 5.73 Å². The molecular formula is C12H25ClN2O3S. The molecule has 7 heteroatoms. The Labute approximate surface area is 122 Å². The molecule has 1 aliphatic rings. The minimum absolute atomic E-state index is 0. The number of amides is 1. The molecule has 0 heterocycles. The number of nitrogens with two attached hydrogens (primary N) is 1. The number of sulfone groups is 1. The summed E-state index contributed by atoms with van der Waals surface area (Å²) in [4.78, 5) is 11.5. The van der Waals surface area contributed by atoms with Gasteiger partial charge in [0.15, 0.2) is 9.84 Å². The van der Waals surface area contributed by atoms with Gasteiger partial charge in [0.05, 0.1) is 11.0 Å². The zero-order chi connectivity index (χ0) is 13.6. The Morgan fingerprint density at radius 1 is 1.37 bits per heavy atom. The number of nitrogens with one attached hydrogen (secondary N) is 1. The van der Waals surface area contributed by atoms with Gasteiger partial charge in [0, 0.05) is 19.0 Å². The van der Waals surface area contributed by atoms with E-state index in [9.17, 15) is 13.2 Å². The minimum atomic E-state index is -3.08. The van der Waals surface area contributed by atoms with Crippen LogP contribution in [0.15, 0.2) is 0 Å². The molecule has 0 saturated heterocycles. The zero-order valence-electron chi connectivity index (χ0n) is 11.4. The van der Waals surface area contributed by atoms with Gasteiger partial charge in [-0.15, -0.1) is 12.4 Å². The summed E-state index contributed by atoms with van der Waals surface area (Å²) in [5, 5.41) is 2.48. The van der Waals surface area contributed by atoms with Gasteiger partial charge in [0.1, 0.15) is 0 Å². The first-order chi connectivity index (χ1) is 8.42. The van der Waals surface area contributed by atoms with Crippen molar-refractivity contribution in [3.05, 3.63) is 0 Å². The third-order valence-corrected chi connectivity index (χ3v) is 5.61. The number of carbonyl (C=O) groups excluding carboxylic acids is 1. The van der Waals surface area contributed by atoms with Crippen LogP contribution in [0.25, 0.3) is 0 Å². The van der Waals surface area contributed by atoms with Crippen LogP contribution in [0.5, 0.6) is 0 Å². The number of hydrogen-bond acceptors (Lipinski definition) is 4. The largest absolute Gasteiger partial charge is 0.356 e. The smallest absolute Gasteiger partial charge is 0.221 e. The topological polar surface area (TPSA) is 89.3 Å². The van der Waals surface area contributed by atoms with Crippen molar-refractivity contribution in [1.29, 1.82) is 0 Å². The number of carbonyl (C=O) groups is 1. The van der Waals surface area contributed by atoms with Crippen LogP contribution in [-0.2, 0) is 14.6 Å². The molecule has 19 heavy (non-hydrogen) atoms. The Morgan fingerprint density at radius 2 is 1.95 bits per heavy atom. The second-order valence-corrected chi connectivity index (χ2v) is 7.54. The van der Waals surface area contributed by atoms with Crippen molar-refractivity contribution in [3.63, 3.8) is 0 Å². The fraction of sp³-hybridized carbons (Fsp3) is 0.917. The summed E-state index contributed by atoms with van der Waals surface area (Å²) in [5.74, 6) is -0.223. The quantitative estimate of drug-likeness (QED) is 0.734. The van der Waals surface area contributed by atoms with Crippen LogP contribution in [0.3, 0.4) is 0 Å². The number of rotatable bonds is 7. The second-order valence-electron chi connectivity index (χ2n) is 5.14. The van der Waals surface area contributed by atoms with E-state index < -0.39 is 9.84 Å². The van der Waals surface area contributed by atoms with Gasteiger partial charge in [-0.3, -0.25) is 4.79 Å². The highest BCUT2D eigenvalue weighted by molar-refractivity contribution is 7.92. The predicted octanol–water partition coefficient (Wildman–Crippen LogP) is 1.01. The molecule has 0 aromatic carbocycles. The average Bonchev–Trinajstić information content (AvgIpc) is 2.80. The summed E-state index contributed by atoms with van der Waals surface area (Å²) in [7, 11) is -3.08. The molecule has 3 N–H and O–H groups in total. The Bertz CT molecular complexity index is 365. The van der Waals surface area contributed by atoms with Crippen LogP contribution < -0.4 is 11.1 Å². The standard InChI is InChI=1S/C12H24N2O3S.ClH/c1-10(13)6-8-14-12(15)7-9-18(16,17)11-4-2-3-5-11;/h10-11H,2-9,13H2,1H3,(H,14,15);1H. The Balaban J connectivity index is 0.00000324. The summed E-state index contributed by atoms with van der Waals surface area (Å²) in [6.45, 7) is 2.39. The van der Waals surface area contributed by atoms with Gasteiger partial charge in [-0.05, 0) is 26.2 Å². The predicted molar refractivity (Wildman–Crippen MR) is 79.2 cm³/mol. The van der Waals surface area contributed by atoms with Crippen molar-refractivity contribution in [2.45, 2.75) is 56.7 Å². The molecule has 1 amide bonds. The van der Waals surface area contributed by atoms with Gasteiger partial charge in [-0.1, -0.05) is 12.8 Å². The highest BCUT2D eigenvalue weighted by atomic mass is 35.5. The monoisotopic (exact) mass is 312 g/mol. The highest BCUT2D eigenvalue weighted by Crippen LogP contribution is 2.25. The average molecular weight is 313 g/mol. The summed E-state index contributed by atoms with van der Waals surface area (Å²) < 4.78 is 23.8. The minimum Gasteiger partial charge on any atom is -0.356 e. The molecule has 1 aliphatic carbocycles. The maximum absolute atomic E-state index is 11.9. The second kappa shape index (κ2) is 8.76. The van der Waals surface area contributed by atoms with Crippen molar-refractivity contribution in [3.8, 4) is 0 Å². The highest BCUT2D eigenvalue weighted by Gasteiger charge is 2.28. The fourth-order valence-electron chi connectivity index (χ4n) is 2.18. The van der Waals surface area contributed by atoms with E-state index in [2.05, 4.69) is 5.32 Å². The molecular weight excluding hydrogens is 288 g/mol. The molecule has 1 unspecified atom stereocenters. The lowest BCUT2D eigenvalue weighted by molar-refractivity contribution is -0.120. The van der Waals surface area contributed by atoms with Crippen molar-refractivity contribution >= 4 is 28.2 Å². The third kappa shape index (κ3) is 7.13. The third-order valence-electron chi connectivity index (χ3n) is 3.35. The summed E-state index contributed by atoms with van der Waals surface area (Å²) >= 11 is 0. The molecule has 5 nitrogen and oxygen atoms in total. The van der Waals surface area contributed by atoms with Gasteiger partial charge in [-0.2, -0.15) is 0 Å². The van der Waals surface area contributed by atoms with Gasteiger partial charge >= 0.3 is 0 Å². The van der Waals surface area contributed by atoms with Crippen molar-refractivity contribution in [2.24, 2.45) is 5.73 Å². The molecule has 114 valence electrons. The molecule has 0 aliphatic heterocycles. The van der Waals surface area contributed by atoms with Crippen molar-refractivity contribution in [1.82, 2.24) is 5.32 Å². The SMILES string of the molecule is CC(N)CCNC(=O)CCS(=O)(=O)C1CCCC1.Cl. The van der Waals surface area contributed by atoms with Gasteiger partial charge in [-0.25, -0.2) is 8.42 Å². The maximum Gasteiger partial charge on any atom is 0.221 e. The van der Waals surface area contributed by atoms with Gasteiger partial charge in [0.2, 0.25) is 5.91 Å². The van der Waals surface area contributed by atoms with E-state index in [0.29, 0.717) is 13.0 Å². The van der Waals surface area contributed by atoms with E-state index in [1.165, 1.54) is 0 Å². The molecule has 0 spiro atoms. The Kier molecular flexibility index (Phi) is 8.61. The van der Waals surface area contributed by atoms with Crippen molar-refractivity contribution in [2.75, 3.05) is 12.3 Å². The van der Waals surface area contributed by atoms with Gasteiger partial charge in [0.25, 0.3) is 0 Å². The lowest BCUT2D eigenvalue weighted by Gasteiger charge is -2.11. The lowest BCUT2D eigenvalue weighted by atomic mass is 10.2. The first kappa shape index (κ1) is 18.7. The van der Waals surface area contributed by atoms with Crippen LogP contribution in [0, 0.1) is 0 Å². The Hall–Kier alpha value is -0.330. The van der Waals surface area contributed by atoms with Crippen molar-refractivity contribution < 1.29 is 13.2 Å².